The van der Waals surface area contributed by atoms with E-state index >= 15 is 0 Å². The van der Waals surface area contributed by atoms with Crippen LogP contribution < -0.4 is 0 Å². The van der Waals surface area contributed by atoms with Gasteiger partial charge in [0.25, 0.3) is 0 Å². The average molecular weight is 159 g/mol. The van der Waals surface area contributed by atoms with Gasteiger partial charge in [-0.05, 0) is 18.2 Å². The molecule has 2 rings (SSSR count). The van der Waals surface area contributed by atoms with E-state index in [0.717, 1.165) is 12.0 Å². The van der Waals surface area contributed by atoms with Crippen molar-refractivity contribution >= 4 is 6.29 Å². The average Bonchev–Trinajstić information content (AvgIpc) is 2.17. The normalized spacial score (nSPS) is 25.2. The van der Waals surface area contributed by atoms with E-state index in [1.807, 2.05) is 47.7 Å². The first-order valence-corrected chi connectivity index (χ1v) is 3.89. The molecule has 0 saturated heterocycles. The lowest BCUT2D eigenvalue weighted by Crippen LogP contribution is -2.15. The summed E-state index contributed by atoms with van der Waals surface area (Å²) in [6.07, 6.45) is 14.5. The van der Waals surface area contributed by atoms with Crippen LogP contribution in [0, 0.1) is 5.92 Å². The number of carbonyl (C=O) groups is 1. The fourth-order valence-electron chi connectivity index (χ4n) is 1.28. The molecule has 0 saturated carbocycles. The first-order valence-electron chi connectivity index (χ1n) is 3.89. The minimum Gasteiger partial charge on any atom is -0.324 e. The molecule has 1 atom stereocenters. The molecule has 0 aliphatic carbocycles. The molecule has 0 aromatic rings. The van der Waals surface area contributed by atoms with Gasteiger partial charge in [0, 0.05) is 18.1 Å². The van der Waals surface area contributed by atoms with Crippen LogP contribution >= 0.6 is 0 Å². The van der Waals surface area contributed by atoms with Gasteiger partial charge >= 0.3 is 0 Å². The highest BCUT2D eigenvalue weighted by molar-refractivity contribution is 5.61. The van der Waals surface area contributed by atoms with E-state index in [1.165, 1.54) is 0 Å². The molecular weight excluding hydrogens is 150 g/mol. The third-order valence-electron chi connectivity index (χ3n) is 1.91. The van der Waals surface area contributed by atoms with Gasteiger partial charge in [-0.2, -0.15) is 0 Å². The number of hydrogen-bond donors (Lipinski definition) is 0. The van der Waals surface area contributed by atoms with Crippen molar-refractivity contribution in [3.63, 3.8) is 0 Å². The molecule has 0 N–H and O–H groups in total. The smallest absolute Gasteiger partial charge is 0.130 e. The maximum atomic E-state index is 10.5. The van der Waals surface area contributed by atoms with Gasteiger partial charge in [0.15, 0.2) is 0 Å². The van der Waals surface area contributed by atoms with Gasteiger partial charge in [0.2, 0.25) is 0 Å². The molecule has 12 heavy (non-hydrogen) atoms. The van der Waals surface area contributed by atoms with Crippen molar-refractivity contribution in [2.24, 2.45) is 5.92 Å². The van der Waals surface area contributed by atoms with E-state index in [9.17, 15) is 4.79 Å². The van der Waals surface area contributed by atoms with Crippen LogP contribution in [0.2, 0.25) is 0 Å². The fourth-order valence-corrected chi connectivity index (χ4v) is 1.28. The highest BCUT2D eigenvalue weighted by atomic mass is 16.1. The Morgan fingerprint density at radius 3 is 3.08 bits per heavy atom. The number of fused-ring (bicyclic) bond motifs is 1. The molecule has 0 aromatic carbocycles. The minimum atomic E-state index is -0.0626. The summed E-state index contributed by atoms with van der Waals surface area (Å²) in [6, 6.07) is 0. The summed E-state index contributed by atoms with van der Waals surface area (Å²) in [4.78, 5) is 12.5. The van der Waals surface area contributed by atoms with Gasteiger partial charge in [-0.1, -0.05) is 12.2 Å². The van der Waals surface area contributed by atoms with Crippen LogP contribution in [-0.4, -0.2) is 11.2 Å². The Balaban J connectivity index is 2.29. The van der Waals surface area contributed by atoms with E-state index in [4.69, 9.17) is 0 Å². The summed E-state index contributed by atoms with van der Waals surface area (Å²) in [6.45, 7) is 0. The number of aldehydes is 1. The Hall–Kier alpha value is -1.57. The fraction of sp³-hybridized carbons (Fsp3) is 0.100. The largest absolute Gasteiger partial charge is 0.324 e. The first kappa shape index (κ1) is 7.10. The van der Waals surface area contributed by atoms with E-state index in [0.29, 0.717) is 0 Å². The number of rotatable bonds is 1. The monoisotopic (exact) mass is 159 g/mol. The SMILES string of the molecule is O=CC1C=CN2C=CC=CC2=C1. The van der Waals surface area contributed by atoms with Crippen molar-refractivity contribution < 1.29 is 4.79 Å². The van der Waals surface area contributed by atoms with Crippen LogP contribution in [0.15, 0.2) is 48.5 Å². The van der Waals surface area contributed by atoms with Crippen LogP contribution in [-0.2, 0) is 4.79 Å². The van der Waals surface area contributed by atoms with Crippen LogP contribution in [0.4, 0.5) is 0 Å². The molecule has 2 heteroatoms. The molecule has 2 aliphatic rings. The quantitative estimate of drug-likeness (QED) is 0.541. The molecule has 0 fully saturated rings. The molecule has 2 nitrogen and oxygen atoms in total. The highest BCUT2D eigenvalue weighted by Crippen LogP contribution is 2.19. The lowest BCUT2D eigenvalue weighted by molar-refractivity contribution is -0.109. The second-order valence-corrected chi connectivity index (χ2v) is 2.75. The molecule has 0 aromatic heterocycles. The summed E-state index contributed by atoms with van der Waals surface area (Å²) in [7, 11) is 0. The van der Waals surface area contributed by atoms with Gasteiger partial charge in [0.05, 0.1) is 5.92 Å². The van der Waals surface area contributed by atoms with Crippen molar-refractivity contribution in [3.8, 4) is 0 Å². The predicted molar refractivity (Wildman–Crippen MR) is 46.9 cm³/mol. The third kappa shape index (κ3) is 1.11. The zero-order chi connectivity index (χ0) is 8.39. The number of carbonyl (C=O) groups excluding carboxylic acids is 1. The molecule has 2 aliphatic heterocycles. The van der Waals surface area contributed by atoms with Crippen LogP contribution in [0.25, 0.3) is 0 Å². The Kier molecular flexibility index (Phi) is 1.67. The Bertz CT molecular complexity index is 310. The molecule has 0 amide bonds. The number of nitrogens with zero attached hydrogens (tertiary/aromatic N) is 1. The summed E-state index contributed by atoms with van der Waals surface area (Å²) in [5.74, 6) is -0.0626. The van der Waals surface area contributed by atoms with Crippen LogP contribution in [0.1, 0.15) is 0 Å². The maximum Gasteiger partial charge on any atom is 0.130 e. The molecule has 2 heterocycles. The van der Waals surface area contributed by atoms with Crippen molar-refractivity contribution in [3.05, 3.63) is 48.5 Å². The third-order valence-corrected chi connectivity index (χ3v) is 1.91. The number of hydrogen-bond acceptors (Lipinski definition) is 2. The zero-order valence-electron chi connectivity index (χ0n) is 6.55. The van der Waals surface area contributed by atoms with E-state index in [-0.39, 0.29) is 5.92 Å². The second-order valence-electron chi connectivity index (χ2n) is 2.75. The van der Waals surface area contributed by atoms with Gasteiger partial charge in [0.1, 0.15) is 6.29 Å². The summed E-state index contributed by atoms with van der Waals surface area (Å²) < 4.78 is 0. The first-order chi connectivity index (χ1) is 5.90. The Morgan fingerprint density at radius 1 is 1.33 bits per heavy atom. The van der Waals surface area contributed by atoms with Crippen LogP contribution in [0.3, 0.4) is 0 Å². The van der Waals surface area contributed by atoms with Crippen molar-refractivity contribution in [2.75, 3.05) is 0 Å². The zero-order valence-corrected chi connectivity index (χ0v) is 6.55. The highest BCUT2D eigenvalue weighted by Gasteiger charge is 2.11. The summed E-state index contributed by atoms with van der Waals surface area (Å²) in [5, 5.41) is 0. The standard InChI is InChI=1S/C10H9NO/c12-8-9-4-6-11-5-2-1-3-10(11)7-9/h1-9H. The molecule has 0 bridgehead atoms. The van der Waals surface area contributed by atoms with E-state index in [2.05, 4.69) is 0 Å². The molecule has 0 spiro atoms. The molecular formula is C10H9NO. The van der Waals surface area contributed by atoms with Crippen molar-refractivity contribution in [2.45, 2.75) is 0 Å². The summed E-state index contributed by atoms with van der Waals surface area (Å²) >= 11 is 0. The maximum absolute atomic E-state index is 10.5. The lowest BCUT2D eigenvalue weighted by Gasteiger charge is -2.23. The topological polar surface area (TPSA) is 20.3 Å². The van der Waals surface area contributed by atoms with E-state index < -0.39 is 0 Å². The molecule has 0 radical (unpaired) electrons. The molecule has 60 valence electrons. The lowest BCUT2D eigenvalue weighted by atomic mass is 10.1. The minimum absolute atomic E-state index is 0.0626. The Labute approximate surface area is 71.2 Å². The second kappa shape index (κ2) is 2.81. The van der Waals surface area contributed by atoms with E-state index in [1.54, 1.807) is 0 Å². The Morgan fingerprint density at radius 2 is 2.25 bits per heavy atom. The van der Waals surface area contributed by atoms with Gasteiger partial charge < -0.3 is 9.69 Å². The summed E-state index contributed by atoms with van der Waals surface area (Å²) in [5.41, 5.74) is 1.07. The van der Waals surface area contributed by atoms with Gasteiger partial charge in [-0.3, -0.25) is 0 Å². The van der Waals surface area contributed by atoms with Crippen LogP contribution in [0.5, 0.6) is 0 Å². The molecule has 1 unspecified atom stereocenters. The predicted octanol–water partition coefficient (Wildman–Crippen LogP) is 1.60. The van der Waals surface area contributed by atoms with Crippen molar-refractivity contribution in [1.29, 1.82) is 0 Å². The van der Waals surface area contributed by atoms with Crippen molar-refractivity contribution in [1.82, 2.24) is 4.90 Å². The van der Waals surface area contributed by atoms with Gasteiger partial charge in [-0.25, -0.2) is 0 Å². The van der Waals surface area contributed by atoms with Gasteiger partial charge in [-0.15, -0.1) is 0 Å². The number of allylic oxidation sites excluding steroid dienone is 5.